The molecule has 0 aromatic heterocycles. The summed E-state index contributed by atoms with van der Waals surface area (Å²) in [6.07, 6.45) is -0.550. The van der Waals surface area contributed by atoms with Crippen molar-refractivity contribution in [1.29, 1.82) is 0 Å². The maximum Gasteiger partial charge on any atom is 0.124 e. The lowest BCUT2D eigenvalue weighted by Crippen LogP contribution is -2.21. The molecule has 0 spiro atoms. The fraction of sp³-hybridized carbons (Fsp3) is 0.182. The molecule has 0 aliphatic heterocycles. The Morgan fingerprint density at radius 1 is 1.00 bits per heavy atom. The van der Waals surface area contributed by atoms with Crippen molar-refractivity contribution >= 4 is 11.6 Å². The lowest BCUT2D eigenvalue weighted by Gasteiger charge is -2.13. The van der Waals surface area contributed by atoms with Gasteiger partial charge in [-0.1, -0.05) is 60.1 Å². The summed E-state index contributed by atoms with van der Waals surface area (Å²) in [4.78, 5) is 0. The summed E-state index contributed by atoms with van der Waals surface area (Å²) in [6, 6.07) is 21.5. The molecule has 0 bridgehead atoms. The molecule has 0 fully saturated rings. The van der Waals surface area contributed by atoms with Gasteiger partial charge in [0.1, 0.15) is 18.2 Å². The first-order chi connectivity index (χ1) is 13.1. The van der Waals surface area contributed by atoms with Crippen LogP contribution in [-0.4, -0.2) is 11.7 Å². The largest absolute Gasteiger partial charge is 0.489 e. The minimum absolute atomic E-state index is 0.267. The van der Waals surface area contributed by atoms with E-state index in [4.69, 9.17) is 16.3 Å². The first-order valence-corrected chi connectivity index (χ1v) is 9.09. The number of halogens is 2. The Morgan fingerprint density at radius 2 is 1.81 bits per heavy atom. The number of rotatable bonds is 8. The van der Waals surface area contributed by atoms with Crippen LogP contribution in [0.3, 0.4) is 0 Å². The second-order valence-electron chi connectivity index (χ2n) is 6.23. The Kier molecular flexibility index (Phi) is 6.82. The molecule has 3 aromatic rings. The molecule has 0 radical (unpaired) electrons. The van der Waals surface area contributed by atoms with Gasteiger partial charge in [0.15, 0.2) is 0 Å². The van der Waals surface area contributed by atoms with Gasteiger partial charge in [0.05, 0.1) is 11.1 Å². The molecule has 3 aromatic carbocycles. The van der Waals surface area contributed by atoms with Gasteiger partial charge in [0.2, 0.25) is 0 Å². The molecule has 3 nitrogen and oxygen atoms in total. The summed E-state index contributed by atoms with van der Waals surface area (Å²) in [6.45, 7) is 1.33. The van der Waals surface area contributed by atoms with Crippen LogP contribution in [-0.2, 0) is 13.2 Å². The lowest BCUT2D eigenvalue weighted by molar-refractivity contribution is 0.174. The molecule has 5 heteroatoms. The third kappa shape index (κ3) is 5.79. The van der Waals surface area contributed by atoms with Crippen molar-refractivity contribution in [3.63, 3.8) is 0 Å². The van der Waals surface area contributed by atoms with Gasteiger partial charge in [0, 0.05) is 18.7 Å². The van der Waals surface area contributed by atoms with E-state index in [1.807, 2.05) is 54.6 Å². The molecular weight excluding hydrogens is 365 g/mol. The number of ether oxygens (including phenoxy) is 1. The number of hydrogen-bond acceptors (Lipinski definition) is 3. The normalized spacial score (nSPS) is 12.0. The van der Waals surface area contributed by atoms with E-state index in [-0.39, 0.29) is 12.4 Å². The highest BCUT2D eigenvalue weighted by Gasteiger charge is 2.07. The third-order valence-electron chi connectivity index (χ3n) is 4.16. The van der Waals surface area contributed by atoms with Crippen LogP contribution in [0, 0.1) is 5.82 Å². The molecule has 0 aliphatic carbocycles. The lowest BCUT2D eigenvalue weighted by atomic mass is 10.1. The van der Waals surface area contributed by atoms with Gasteiger partial charge >= 0.3 is 0 Å². The first kappa shape index (κ1) is 19.4. The Bertz CT molecular complexity index is 873. The van der Waals surface area contributed by atoms with Gasteiger partial charge in [-0.25, -0.2) is 4.39 Å². The van der Waals surface area contributed by atoms with Crippen LogP contribution in [0.4, 0.5) is 4.39 Å². The van der Waals surface area contributed by atoms with Gasteiger partial charge in [0.25, 0.3) is 0 Å². The van der Waals surface area contributed by atoms with Crippen LogP contribution in [0.5, 0.6) is 5.75 Å². The van der Waals surface area contributed by atoms with Crippen LogP contribution in [0.25, 0.3) is 0 Å². The highest BCUT2D eigenvalue weighted by Crippen LogP contribution is 2.21. The van der Waals surface area contributed by atoms with Crippen molar-refractivity contribution in [3.05, 3.63) is 100 Å². The van der Waals surface area contributed by atoms with E-state index in [0.717, 1.165) is 16.7 Å². The molecule has 0 saturated carbocycles. The van der Waals surface area contributed by atoms with Crippen molar-refractivity contribution in [2.24, 2.45) is 0 Å². The van der Waals surface area contributed by atoms with Crippen molar-refractivity contribution in [2.75, 3.05) is 6.54 Å². The number of aliphatic hydroxyl groups excluding tert-OH is 1. The Balaban J connectivity index is 1.51. The molecule has 0 heterocycles. The molecule has 0 unspecified atom stereocenters. The predicted molar refractivity (Wildman–Crippen MR) is 105 cm³/mol. The molecule has 3 rings (SSSR count). The highest BCUT2D eigenvalue weighted by atomic mass is 35.5. The smallest absolute Gasteiger partial charge is 0.124 e. The molecule has 27 heavy (non-hydrogen) atoms. The summed E-state index contributed by atoms with van der Waals surface area (Å²) in [5, 5.41) is 13.8. The number of benzene rings is 3. The Hall–Kier alpha value is -2.40. The van der Waals surface area contributed by atoms with E-state index < -0.39 is 6.10 Å². The van der Waals surface area contributed by atoms with E-state index in [0.29, 0.717) is 23.9 Å². The average Bonchev–Trinajstić information content (AvgIpc) is 2.68. The second-order valence-corrected chi connectivity index (χ2v) is 6.64. The number of hydrogen-bond donors (Lipinski definition) is 2. The van der Waals surface area contributed by atoms with Gasteiger partial charge in [-0.2, -0.15) is 0 Å². The molecule has 1 atom stereocenters. The monoisotopic (exact) mass is 385 g/mol. The fourth-order valence-electron chi connectivity index (χ4n) is 2.69. The van der Waals surface area contributed by atoms with E-state index >= 15 is 0 Å². The minimum atomic E-state index is -0.550. The van der Waals surface area contributed by atoms with Gasteiger partial charge in [-0.3, -0.25) is 0 Å². The van der Waals surface area contributed by atoms with Crippen LogP contribution in [0.1, 0.15) is 22.8 Å². The van der Waals surface area contributed by atoms with Crippen molar-refractivity contribution in [2.45, 2.75) is 19.3 Å². The summed E-state index contributed by atoms with van der Waals surface area (Å²) in [5.41, 5.74) is 2.66. The summed E-state index contributed by atoms with van der Waals surface area (Å²) < 4.78 is 18.9. The highest BCUT2D eigenvalue weighted by molar-refractivity contribution is 6.31. The second kappa shape index (κ2) is 9.51. The average molecular weight is 386 g/mol. The first-order valence-electron chi connectivity index (χ1n) is 8.71. The van der Waals surface area contributed by atoms with Gasteiger partial charge in [-0.15, -0.1) is 0 Å². The molecule has 0 saturated heterocycles. The third-order valence-corrected chi connectivity index (χ3v) is 4.51. The van der Waals surface area contributed by atoms with Crippen LogP contribution in [0.15, 0.2) is 72.8 Å². The summed E-state index contributed by atoms with van der Waals surface area (Å²) >= 11 is 6.02. The zero-order valence-corrected chi connectivity index (χ0v) is 15.5. The van der Waals surface area contributed by atoms with Crippen LogP contribution >= 0.6 is 11.6 Å². The molecule has 0 amide bonds. The molecule has 2 N–H and O–H groups in total. The van der Waals surface area contributed by atoms with Gasteiger partial charge < -0.3 is 15.2 Å². The zero-order chi connectivity index (χ0) is 19.1. The maximum atomic E-state index is 13.1. The summed E-state index contributed by atoms with van der Waals surface area (Å²) in [7, 11) is 0. The molecule has 140 valence electrons. The molecular formula is C22H21ClFNO2. The van der Waals surface area contributed by atoms with Crippen molar-refractivity contribution < 1.29 is 14.2 Å². The van der Waals surface area contributed by atoms with Crippen molar-refractivity contribution in [1.82, 2.24) is 5.32 Å². The Labute approximate surface area is 163 Å². The van der Waals surface area contributed by atoms with E-state index in [2.05, 4.69) is 5.32 Å². The van der Waals surface area contributed by atoms with Gasteiger partial charge in [-0.05, 0) is 35.4 Å². The standard InChI is InChI=1S/C22H21ClFNO2/c23-21-12-19(24)10-9-18(21)15-27-20-8-4-5-16(11-20)13-25-14-22(26)17-6-2-1-3-7-17/h1-12,22,25-26H,13-15H2/t22-/m0/s1. The quantitative estimate of drug-likeness (QED) is 0.580. The fourth-order valence-corrected chi connectivity index (χ4v) is 2.91. The predicted octanol–water partition coefficient (Wildman–Crippen LogP) is 4.88. The zero-order valence-electron chi connectivity index (χ0n) is 14.7. The van der Waals surface area contributed by atoms with Crippen LogP contribution < -0.4 is 10.1 Å². The van der Waals surface area contributed by atoms with E-state index in [9.17, 15) is 9.50 Å². The SMILES string of the molecule is O[C@@H](CNCc1cccc(OCc2ccc(F)cc2Cl)c1)c1ccccc1. The Morgan fingerprint density at radius 3 is 2.59 bits per heavy atom. The minimum Gasteiger partial charge on any atom is -0.489 e. The van der Waals surface area contributed by atoms with E-state index in [1.165, 1.54) is 12.1 Å². The number of nitrogens with one attached hydrogen (secondary N) is 1. The van der Waals surface area contributed by atoms with Crippen molar-refractivity contribution in [3.8, 4) is 5.75 Å². The topological polar surface area (TPSA) is 41.5 Å². The molecule has 0 aliphatic rings. The summed E-state index contributed by atoms with van der Waals surface area (Å²) in [5.74, 6) is 0.341. The maximum absolute atomic E-state index is 13.1. The van der Waals surface area contributed by atoms with Crippen LogP contribution in [0.2, 0.25) is 5.02 Å². The van der Waals surface area contributed by atoms with E-state index in [1.54, 1.807) is 6.07 Å². The number of aliphatic hydroxyl groups is 1.